The van der Waals surface area contributed by atoms with E-state index in [4.69, 9.17) is 0 Å². The number of phenols is 1. The maximum atomic E-state index is 11.9. The third kappa shape index (κ3) is 5.52. The molecule has 0 aliphatic rings. The molecule has 0 aliphatic carbocycles. The first-order valence-electron chi connectivity index (χ1n) is 7.63. The van der Waals surface area contributed by atoms with Crippen molar-refractivity contribution < 1.29 is 9.90 Å². The number of aryl methyl sites for hydroxylation is 1. The molecule has 1 aromatic heterocycles. The summed E-state index contributed by atoms with van der Waals surface area (Å²) in [6.45, 7) is 6.03. The van der Waals surface area contributed by atoms with E-state index >= 15 is 0 Å². The summed E-state index contributed by atoms with van der Waals surface area (Å²) in [6, 6.07) is 6.87. The number of aromatic nitrogens is 2. The van der Waals surface area contributed by atoms with Gasteiger partial charge in [0.2, 0.25) is 5.13 Å². The minimum atomic E-state index is -0.269. The number of rotatable bonds is 6. The van der Waals surface area contributed by atoms with Gasteiger partial charge in [0.1, 0.15) is 10.8 Å². The van der Waals surface area contributed by atoms with Crippen LogP contribution in [0.3, 0.4) is 0 Å². The van der Waals surface area contributed by atoms with E-state index in [9.17, 15) is 9.90 Å². The summed E-state index contributed by atoms with van der Waals surface area (Å²) in [4.78, 5) is 11.9. The molecule has 1 heterocycles. The Balaban J connectivity index is 1.76. The van der Waals surface area contributed by atoms with E-state index in [0.29, 0.717) is 11.0 Å². The van der Waals surface area contributed by atoms with Crippen LogP contribution < -0.4 is 10.6 Å². The molecule has 0 bridgehead atoms. The van der Waals surface area contributed by atoms with Gasteiger partial charge in [0.25, 0.3) is 0 Å². The van der Waals surface area contributed by atoms with Crippen LogP contribution in [0.1, 0.15) is 43.7 Å². The molecule has 0 radical (unpaired) electrons. The fourth-order valence-corrected chi connectivity index (χ4v) is 2.73. The summed E-state index contributed by atoms with van der Waals surface area (Å²) in [7, 11) is 0. The first-order chi connectivity index (χ1) is 10.9. The molecule has 6 nitrogen and oxygen atoms in total. The molecule has 0 aliphatic heterocycles. The Morgan fingerprint density at radius 3 is 2.52 bits per heavy atom. The van der Waals surface area contributed by atoms with Crippen molar-refractivity contribution in [3.63, 3.8) is 0 Å². The van der Waals surface area contributed by atoms with Gasteiger partial charge in [-0.15, -0.1) is 10.2 Å². The maximum absolute atomic E-state index is 11.9. The van der Waals surface area contributed by atoms with E-state index in [0.717, 1.165) is 23.4 Å². The molecule has 3 N–H and O–H groups in total. The van der Waals surface area contributed by atoms with Gasteiger partial charge < -0.3 is 10.4 Å². The highest BCUT2D eigenvalue weighted by Gasteiger charge is 2.12. The molecule has 0 fully saturated rings. The Hall–Kier alpha value is -2.15. The number of hydrogen-bond acceptors (Lipinski definition) is 5. The summed E-state index contributed by atoms with van der Waals surface area (Å²) in [5.74, 6) is 0.562. The molecule has 2 amide bonds. The summed E-state index contributed by atoms with van der Waals surface area (Å²) in [5.41, 5.74) is 1.13. The quantitative estimate of drug-likeness (QED) is 0.754. The van der Waals surface area contributed by atoms with Gasteiger partial charge in [-0.1, -0.05) is 37.3 Å². The normalized spacial score (nSPS) is 12.2. The van der Waals surface area contributed by atoms with Crippen LogP contribution in [0.15, 0.2) is 24.3 Å². The zero-order valence-electron chi connectivity index (χ0n) is 13.5. The summed E-state index contributed by atoms with van der Waals surface area (Å²) < 4.78 is 0. The first-order valence-corrected chi connectivity index (χ1v) is 8.44. The van der Waals surface area contributed by atoms with Crippen LogP contribution in [0.5, 0.6) is 5.75 Å². The molecular weight excluding hydrogens is 312 g/mol. The molecular formula is C16H22N4O2S. The van der Waals surface area contributed by atoms with Gasteiger partial charge in [0, 0.05) is 12.0 Å². The summed E-state index contributed by atoms with van der Waals surface area (Å²) >= 11 is 1.39. The van der Waals surface area contributed by atoms with E-state index in [1.165, 1.54) is 11.3 Å². The van der Waals surface area contributed by atoms with Crippen molar-refractivity contribution in [1.82, 2.24) is 15.5 Å². The Morgan fingerprint density at radius 1 is 1.22 bits per heavy atom. The lowest BCUT2D eigenvalue weighted by Gasteiger charge is -2.13. The van der Waals surface area contributed by atoms with Gasteiger partial charge >= 0.3 is 6.03 Å². The first kappa shape index (κ1) is 17.2. The van der Waals surface area contributed by atoms with Crippen LogP contribution in [0.25, 0.3) is 0 Å². The zero-order valence-corrected chi connectivity index (χ0v) is 14.4. The van der Waals surface area contributed by atoms with Crippen LogP contribution in [0, 0.1) is 0 Å². The minimum Gasteiger partial charge on any atom is -0.508 e. The van der Waals surface area contributed by atoms with Crippen molar-refractivity contribution in [1.29, 1.82) is 0 Å². The standard InChI is InChI=1S/C16H22N4O2S/c1-10(2)14-19-20-16(23-14)18-15(22)17-11(3)4-5-12-6-8-13(21)9-7-12/h6-11,21H,4-5H2,1-3H3,(H2,17,18,20,22)/t11-/m1/s1. The van der Waals surface area contributed by atoms with Gasteiger partial charge in [-0.05, 0) is 37.5 Å². The van der Waals surface area contributed by atoms with E-state index in [2.05, 4.69) is 20.8 Å². The second kappa shape index (κ2) is 7.92. The van der Waals surface area contributed by atoms with Crippen LogP contribution in [-0.2, 0) is 6.42 Å². The summed E-state index contributed by atoms with van der Waals surface area (Å²) in [5, 5.41) is 24.3. The number of hydrogen-bond donors (Lipinski definition) is 3. The van der Waals surface area contributed by atoms with Crippen molar-refractivity contribution in [3.8, 4) is 5.75 Å². The molecule has 0 saturated heterocycles. The van der Waals surface area contributed by atoms with E-state index in [-0.39, 0.29) is 17.8 Å². The Morgan fingerprint density at radius 2 is 1.91 bits per heavy atom. The Kier molecular flexibility index (Phi) is 5.92. The van der Waals surface area contributed by atoms with Gasteiger partial charge in [0.15, 0.2) is 0 Å². The molecule has 2 rings (SSSR count). The molecule has 23 heavy (non-hydrogen) atoms. The van der Waals surface area contributed by atoms with Crippen LogP contribution in [-0.4, -0.2) is 27.4 Å². The number of urea groups is 1. The smallest absolute Gasteiger partial charge is 0.321 e. The van der Waals surface area contributed by atoms with E-state index < -0.39 is 0 Å². The van der Waals surface area contributed by atoms with Crippen LogP contribution in [0.4, 0.5) is 9.93 Å². The monoisotopic (exact) mass is 334 g/mol. The van der Waals surface area contributed by atoms with Crippen LogP contribution >= 0.6 is 11.3 Å². The Labute approximate surface area is 140 Å². The van der Waals surface area contributed by atoms with E-state index in [1.807, 2.05) is 32.9 Å². The molecule has 124 valence electrons. The van der Waals surface area contributed by atoms with Crippen molar-refractivity contribution in [2.45, 2.75) is 45.6 Å². The third-order valence-corrected chi connectivity index (χ3v) is 4.47. The van der Waals surface area contributed by atoms with Crippen molar-refractivity contribution >= 4 is 22.5 Å². The maximum Gasteiger partial charge on any atom is 0.321 e. The number of amides is 2. The van der Waals surface area contributed by atoms with Gasteiger partial charge in [-0.3, -0.25) is 5.32 Å². The minimum absolute atomic E-state index is 0.0290. The number of carbonyl (C=O) groups is 1. The molecule has 7 heteroatoms. The lowest BCUT2D eigenvalue weighted by Crippen LogP contribution is -2.36. The predicted molar refractivity (Wildman–Crippen MR) is 92.0 cm³/mol. The summed E-state index contributed by atoms with van der Waals surface area (Å²) in [6.07, 6.45) is 1.64. The number of benzene rings is 1. The second-order valence-corrected chi connectivity index (χ2v) is 6.81. The Bertz CT molecular complexity index is 640. The molecule has 1 atom stereocenters. The number of anilines is 1. The van der Waals surface area contributed by atoms with Crippen molar-refractivity contribution in [3.05, 3.63) is 34.8 Å². The van der Waals surface area contributed by atoms with Gasteiger partial charge in [-0.25, -0.2) is 4.79 Å². The number of nitrogens with zero attached hydrogens (tertiary/aromatic N) is 2. The number of carbonyl (C=O) groups excluding carboxylic acids is 1. The average molecular weight is 334 g/mol. The highest BCUT2D eigenvalue weighted by Crippen LogP contribution is 2.22. The molecule has 0 unspecified atom stereocenters. The van der Waals surface area contributed by atoms with Gasteiger partial charge in [0.05, 0.1) is 0 Å². The highest BCUT2D eigenvalue weighted by atomic mass is 32.1. The molecule has 0 saturated carbocycles. The van der Waals surface area contributed by atoms with Crippen molar-refractivity contribution in [2.75, 3.05) is 5.32 Å². The number of phenolic OH excluding ortho intramolecular Hbond substituents is 1. The van der Waals surface area contributed by atoms with Gasteiger partial charge in [-0.2, -0.15) is 0 Å². The highest BCUT2D eigenvalue weighted by molar-refractivity contribution is 7.15. The number of aromatic hydroxyl groups is 1. The van der Waals surface area contributed by atoms with E-state index in [1.54, 1.807) is 12.1 Å². The SMILES string of the molecule is CC(C)c1nnc(NC(=O)N[C@H](C)CCc2ccc(O)cc2)s1. The largest absolute Gasteiger partial charge is 0.508 e. The number of nitrogens with one attached hydrogen (secondary N) is 2. The zero-order chi connectivity index (χ0) is 16.8. The average Bonchev–Trinajstić information content (AvgIpc) is 2.95. The second-order valence-electron chi connectivity index (χ2n) is 5.80. The fraction of sp³-hybridized carbons (Fsp3) is 0.438. The lowest BCUT2D eigenvalue weighted by molar-refractivity contribution is 0.248. The van der Waals surface area contributed by atoms with Crippen LogP contribution in [0.2, 0.25) is 0 Å². The lowest BCUT2D eigenvalue weighted by atomic mass is 10.1. The topological polar surface area (TPSA) is 87.1 Å². The molecule has 0 spiro atoms. The van der Waals surface area contributed by atoms with Crippen molar-refractivity contribution in [2.24, 2.45) is 0 Å². The molecule has 2 aromatic rings. The fourth-order valence-electron chi connectivity index (χ4n) is 1.99. The predicted octanol–water partition coefficient (Wildman–Crippen LogP) is 3.51. The third-order valence-electron chi connectivity index (χ3n) is 3.33. The molecule has 1 aromatic carbocycles.